The van der Waals surface area contributed by atoms with Crippen LogP contribution in [0.3, 0.4) is 0 Å². The number of carbonyl (C=O) groups is 2. The molecule has 0 aromatic heterocycles. The van der Waals surface area contributed by atoms with E-state index in [1.165, 1.54) is 105 Å². The molecular formula is C47H68O5. The van der Waals surface area contributed by atoms with Gasteiger partial charge in [-0.1, -0.05) is 109 Å². The van der Waals surface area contributed by atoms with Crippen molar-refractivity contribution >= 4 is 11.9 Å². The summed E-state index contributed by atoms with van der Waals surface area (Å²) in [6, 6.07) is 14.6. The molecule has 0 heterocycles. The molecule has 2 aliphatic carbocycles. The number of hydrogen-bond donors (Lipinski definition) is 1. The number of esters is 2. The Morgan fingerprint density at radius 1 is 0.788 bits per heavy atom. The van der Waals surface area contributed by atoms with Gasteiger partial charge in [-0.05, 0) is 141 Å². The second-order valence-corrected chi connectivity index (χ2v) is 16.0. The van der Waals surface area contributed by atoms with Crippen molar-refractivity contribution in [1.82, 2.24) is 0 Å². The molecule has 0 radical (unpaired) electrons. The molecule has 1 N–H and O–H groups in total. The van der Waals surface area contributed by atoms with Crippen LogP contribution in [0.4, 0.5) is 0 Å². The lowest BCUT2D eigenvalue weighted by molar-refractivity contribution is -0.144. The molecule has 5 nitrogen and oxygen atoms in total. The second kappa shape index (κ2) is 21.5. The molecule has 2 aromatic carbocycles. The van der Waals surface area contributed by atoms with Gasteiger partial charge in [-0.2, -0.15) is 0 Å². The molecule has 2 fully saturated rings. The zero-order valence-corrected chi connectivity index (χ0v) is 33.0. The fourth-order valence-electron chi connectivity index (χ4n) is 8.81. The van der Waals surface area contributed by atoms with Crippen molar-refractivity contribution in [2.24, 2.45) is 23.7 Å². The predicted molar refractivity (Wildman–Crippen MR) is 214 cm³/mol. The summed E-state index contributed by atoms with van der Waals surface area (Å²) in [4.78, 5) is 24.1. The van der Waals surface area contributed by atoms with Crippen LogP contribution in [0.1, 0.15) is 146 Å². The molecular weight excluding hydrogens is 645 g/mol. The van der Waals surface area contributed by atoms with Gasteiger partial charge in [0.05, 0.1) is 25.4 Å². The summed E-state index contributed by atoms with van der Waals surface area (Å²) in [6.07, 6.45) is 20.4. The summed E-state index contributed by atoms with van der Waals surface area (Å²) >= 11 is 0. The fourth-order valence-corrected chi connectivity index (χ4v) is 8.81. The van der Waals surface area contributed by atoms with Crippen LogP contribution in [-0.2, 0) is 38.3 Å². The van der Waals surface area contributed by atoms with Crippen LogP contribution >= 0.6 is 0 Å². The third-order valence-electron chi connectivity index (χ3n) is 12.3. The molecule has 2 aliphatic rings. The highest BCUT2D eigenvalue weighted by molar-refractivity contribution is 5.88. The maximum absolute atomic E-state index is 12.1. The average Bonchev–Trinajstić information content (AvgIpc) is 3.18. The number of aliphatic hydroxyl groups excluding tert-OH is 1. The molecule has 0 spiro atoms. The van der Waals surface area contributed by atoms with Crippen LogP contribution in [0.15, 0.2) is 60.7 Å². The lowest BCUT2D eigenvalue weighted by atomic mass is 9.72. The van der Waals surface area contributed by atoms with E-state index >= 15 is 0 Å². The van der Waals surface area contributed by atoms with E-state index in [4.69, 9.17) is 14.6 Å². The Labute approximate surface area is 315 Å². The Kier molecular flexibility index (Phi) is 17.2. The van der Waals surface area contributed by atoms with E-state index < -0.39 is 12.6 Å². The van der Waals surface area contributed by atoms with E-state index in [1.54, 1.807) is 12.5 Å². The van der Waals surface area contributed by atoms with Gasteiger partial charge in [0, 0.05) is 5.57 Å². The van der Waals surface area contributed by atoms with Crippen LogP contribution in [0.25, 0.3) is 11.1 Å². The van der Waals surface area contributed by atoms with E-state index in [2.05, 4.69) is 70.3 Å². The van der Waals surface area contributed by atoms with Gasteiger partial charge in [-0.25, -0.2) is 9.59 Å². The number of unbranched alkanes of at least 4 members (excludes halogenated alkanes) is 2. The Bertz CT molecular complexity index is 1460. The molecule has 5 heteroatoms. The molecule has 0 bridgehead atoms. The lowest BCUT2D eigenvalue weighted by Crippen LogP contribution is -2.28. The molecule has 1 atom stereocenters. The van der Waals surface area contributed by atoms with Crippen molar-refractivity contribution in [3.05, 3.63) is 83.0 Å². The smallest absolute Gasteiger partial charge is 0.335 e. The number of carbonyl (C=O) groups excluding carboxylic acids is 2. The van der Waals surface area contributed by atoms with Gasteiger partial charge in [0.2, 0.25) is 0 Å². The first-order valence-corrected chi connectivity index (χ1v) is 20.7. The SMILES string of the molecule is C=C(C)C(=O)OCC(CCOC(=O)C(=C)CO)C1CCC(CCC2CCC(c3ccc(-c4ccc(CCCCC)c(CC)c4)c(CC)c3)CC2)CC1. The van der Waals surface area contributed by atoms with Crippen molar-refractivity contribution in [2.75, 3.05) is 19.8 Å². The van der Waals surface area contributed by atoms with Crippen LogP contribution in [0.5, 0.6) is 0 Å². The molecule has 0 amide bonds. The third-order valence-corrected chi connectivity index (χ3v) is 12.3. The van der Waals surface area contributed by atoms with Crippen LogP contribution in [0.2, 0.25) is 0 Å². The monoisotopic (exact) mass is 713 g/mol. The molecule has 1 unspecified atom stereocenters. The van der Waals surface area contributed by atoms with Gasteiger partial charge in [0.15, 0.2) is 0 Å². The van der Waals surface area contributed by atoms with E-state index in [9.17, 15) is 9.59 Å². The first kappa shape index (κ1) is 41.6. The average molecular weight is 713 g/mol. The van der Waals surface area contributed by atoms with Gasteiger partial charge in [0.25, 0.3) is 0 Å². The summed E-state index contributed by atoms with van der Waals surface area (Å²) < 4.78 is 10.9. The predicted octanol–water partition coefficient (Wildman–Crippen LogP) is 11.3. The minimum absolute atomic E-state index is 0.0547. The molecule has 286 valence electrons. The summed E-state index contributed by atoms with van der Waals surface area (Å²) in [7, 11) is 0. The van der Waals surface area contributed by atoms with E-state index in [1.807, 2.05) is 0 Å². The maximum Gasteiger partial charge on any atom is 0.335 e. The Morgan fingerprint density at radius 3 is 2.08 bits per heavy atom. The maximum atomic E-state index is 12.1. The van der Waals surface area contributed by atoms with E-state index in [0.717, 1.165) is 37.5 Å². The zero-order chi connectivity index (χ0) is 37.5. The molecule has 0 saturated heterocycles. The number of aryl methyl sites for hydroxylation is 3. The number of rotatable bonds is 20. The Morgan fingerprint density at radius 2 is 1.46 bits per heavy atom. The first-order valence-electron chi connectivity index (χ1n) is 20.7. The minimum Gasteiger partial charge on any atom is -0.462 e. The molecule has 2 aromatic rings. The number of aliphatic hydroxyl groups is 1. The third kappa shape index (κ3) is 12.2. The van der Waals surface area contributed by atoms with Crippen molar-refractivity contribution < 1.29 is 24.2 Å². The van der Waals surface area contributed by atoms with E-state index in [0.29, 0.717) is 30.4 Å². The highest BCUT2D eigenvalue weighted by atomic mass is 16.5. The van der Waals surface area contributed by atoms with Crippen LogP contribution < -0.4 is 0 Å². The molecule has 0 aliphatic heterocycles. The molecule has 4 rings (SSSR count). The van der Waals surface area contributed by atoms with Crippen LogP contribution in [0, 0.1) is 23.7 Å². The Balaban J connectivity index is 1.24. The van der Waals surface area contributed by atoms with Gasteiger partial charge in [0.1, 0.15) is 0 Å². The standard InChI is InChI=1S/C47H68O5/c1-7-10-11-12-39-23-24-43(29-37(39)8-2)45-26-25-42(30-38(45)9-3)40-19-15-35(16-20-40)13-14-36-17-21-41(22-18-36)44(32-52-46(49)33(4)5)27-28-51-47(50)34(6)31-48/h23-26,29-30,35-36,40-41,44,48H,4,6-22,27-28,31-32H2,1-3,5H3. The van der Waals surface area contributed by atoms with Crippen molar-refractivity contribution in [3.63, 3.8) is 0 Å². The molecule has 52 heavy (non-hydrogen) atoms. The molecule has 2 saturated carbocycles. The summed E-state index contributed by atoms with van der Waals surface area (Å²) in [6.45, 7) is 15.9. The fraction of sp³-hybridized carbons (Fsp3) is 0.617. The Hall–Kier alpha value is -3.18. The number of ether oxygens (including phenoxy) is 2. The topological polar surface area (TPSA) is 72.8 Å². The van der Waals surface area contributed by atoms with Gasteiger partial charge >= 0.3 is 11.9 Å². The second-order valence-electron chi connectivity index (χ2n) is 16.0. The van der Waals surface area contributed by atoms with Crippen molar-refractivity contribution in [1.29, 1.82) is 0 Å². The summed E-state index contributed by atoms with van der Waals surface area (Å²) in [5.74, 6) is 1.90. The van der Waals surface area contributed by atoms with Crippen molar-refractivity contribution in [2.45, 2.75) is 143 Å². The van der Waals surface area contributed by atoms with Crippen molar-refractivity contribution in [3.8, 4) is 11.1 Å². The first-order chi connectivity index (χ1) is 25.2. The largest absolute Gasteiger partial charge is 0.462 e. The quantitative estimate of drug-likeness (QED) is 0.0840. The van der Waals surface area contributed by atoms with Gasteiger partial charge in [-0.3, -0.25) is 0 Å². The van der Waals surface area contributed by atoms with Gasteiger partial charge < -0.3 is 14.6 Å². The van der Waals surface area contributed by atoms with Gasteiger partial charge in [-0.15, -0.1) is 0 Å². The number of hydrogen-bond acceptors (Lipinski definition) is 5. The normalized spacial score (nSPS) is 20.9. The van der Waals surface area contributed by atoms with Crippen LogP contribution in [-0.4, -0.2) is 36.9 Å². The zero-order valence-electron chi connectivity index (χ0n) is 33.0. The summed E-state index contributed by atoms with van der Waals surface area (Å²) in [5.41, 5.74) is 9.32. The van der Waals surface area contributed by atoms with E-state index in [-0.39, 0.29) is 24.1 Å². The summed E-state index contributed by atoms with van der Waals surface area (Å²) in [5, 5.41) is 9.16. The lowest BCUT2D eigenvalue weighted by Gasteiger charge is -2.35. The minimum atomic E-state index is -0.568. The highest BCUT2D eigenvalue weighted by Gasteiger charge is 2.30. The highest BCUT2D eigenvalue weighted by Crippen LogP contribution is 2.42. The number of benzene rings is 2.